The minimum atomic E-state index is -1.57. The molecule has 2 rings (SSSR count). The highest BCUT2D eigenvalue weighted by molar-refractivity contribution is 6.47. The van der Waals surface area contributed by atoms with Crippen molar-refractivity contribution < 1.29 is 9.90 Å². The maximum Gasteiger partial charge on any atom is 0.211 e. The molecule has 23 heavy (non-hydrogen) atoms. The van der Waals surface area contributed by atoms with Gasteiger partial charge in [0.15, 0.2) is 0 Å². The van der Waals surface area contributed by atoms with Crippen LogP contribution in [-0.4, -0.2) is 39.2 Å². The Hall–Kier alpha value is -2.60. The highest BCUT2D eigenvalue weighted by Gasteiger charge is 2.28. The van der Waals surface area contributed by atoms with Gasteiger partial charge in [0.05, 0.1) is 18.1 Å². The van der Waals surface area contributed by atoms with E-state index in [4.69, 9.17) is 5.41 Å². The van der Waals surface area contributed by atoms with E-state index in [9.17, 15) is 9.90 Å². The molecule has 0 fully saturated rings. The van der Waals surface area contributed by atoms with Crippen LogP contribution in [0.15, 0.2) is 30.6 Å². The number of carbonyl (C=O) groups excluding carboxylic acids is 1. The predicted molar refractivity (Wildman–Crippen MR) is 89.9 cm³/mol. The second-order valence-electron chi connectivity index (χ2n) is 5.83. The molecule has 0 saturated heterocycles. The van der Waals surface area contributed by atoms with Gasteiger partial charge >= 0.3 is 0 Å². The quantitative estimate of drug-likeness (QED) is 0.735. The van der Waals surface area contributed by atoms with Crippen molar-refractivity contribution in [1.29, 1.82) is 5.41 Å². The van der Waals surface area contributed by atoms with Crippen LogP contribution in [0.2, 0.25) is 0 Å². The third-order valence-corrected chi connectivity index (χ3v) is 3.49. The monoisotopic (exact) mass is 312 g/mol. The Kier molecular flexibility index (Phi) is 4.56. The third kappa shape index (κ3) is 3.60. The molecular weight excluding hydrogens is 292 g/mol. The predicted octanol–water partition coefficient (Wildman–Crippen LogP) is 2.20. The number of nitrogens with zero attached hydrogens (tertiary/aromatic N) is 2. The number of carbonyl (C=O) groups is 1. The number of anilines is 1. The molecule has 1 aromatic carbocycles. The smallest absolute Gasteiger partial charge is 0.211 e. The molecule has 0 aliphatic heterocycles. The number of hydrogen-bond acceptors (Lipinski definition) is 6. The van der Waals surface area contributed by atoms with E-state index < -0.39 is 11.4 Å². The summed E-state index contributed by atoms with van der Waals surface area (Å²) in [4.78, 5) is 20.6. The molecular formula is C17H20N4O2. The lowest BCUT2D eigenvalue weighted by molar-refractivity contribution is -0.126. The summed E-state index contributed by atoms with van der Waals surface area (Å²) in [6.07, 6.45) is 3.26. The van der Waals surface area contributed by atoms with E-state index in [1.807, 2.05) is 13.0 Å². The van der Waals surface area contributed by atoms with Crippen molar-refractivity contribution >= 4 is 17.3 Å². The highest BCUT2D eigenvalue weighted by Crippen LogP contribution is 2.23. The lowest BCUT2D eigenvalue weighted by atomic mass is 9.93. The number of ketones is 1. The van der Waals surface area contributed by atoms with Gasteiger partial charge in [-0.05, 0) is 32.4 Å². The molecule has 0 unspecified atom stereocenters. The largest absolute Gasteiger partial charge is 0.382 e. The van der Waals surface area contributed by atoms with Gasteiger partial charge < -0.3 is 10.4 Å². The Morgan fingerprint density at radius 3 is 2.48 bits per heavy atom. The van der Waals surface area contributed by atoms with Crippen molar-refractivity contribution in [2.75, 3.05) is 12.4 Å². The first-order valence-electron chi connectivity index (χ1n) is 7.21. The molecule has 0 saturated carbocycles. The lowest BCUT2D eigenvalue weighted by Crippen LogP contribution is -2.37. The van der Waals surface area contributed by atoms with E-state index in [2.05, 4.69) is 15.3 Å². The van der Waals surface area contributed by atoms with Gasteiger partial charge in [0, 0.05) is 18.2 Å². The average Bonchev–Trinajstić information content (AvgIpc) is 2.53. The number of aromatic nitrogens is 2. The van der Waals surface area contributed by atoms with Crippen LogP contribution < -0.4 is 5.32 Å². The van der Waals surface area contributed by atoms with Crippen molar-refractivity contribution in [3.05, 3.63) is 41.7 Å². The fourth-order valence-corrected chi connectivity index (χ4v) is 2.09. The van der Waals surface area contributed by atoms with Gasteiger partial charge in [0.2, 0.25) is 5.78 Å². The Morgan fingerprint density at radius 1 is 1.26 bits per heavy atom. The molecule has 1 aromatic heterocycles. The van der Waals surface area contributed by atoms with Gasteiger partial charge in [0.1, 0.15) is 17.1 Å². The fourth-order valence-electron chi connectivity index (χ4n) is 2.09. The van der Waals surface area contributed by atoms with Crippen LogP contribution in [0, 0.1) is 12.3 Å². The second-order valence-corrected chi connectivity index (χ2v) is 5.83. The zero-order valence-corrected chi connectivity index (χ0v) is 13.6. The normalized spacial score (nSPS) is 11.2. The number of Topliss-reactive ketones (excluding diaryl/α,β-unsaturated/α-hetero) is 1. The number of aryl methyl sites for hydroxylation is 1. The van der Waals surface area contributed by atoms with Crippen LogP contribution in [0.25, 0.3) is 11.3 Å². The molecule has 0 atom stereocenters. The maximum absolute atomic E-state index is 12.1. The number of benzene rings is 1. The Labute approximate surface area is 135 Å². The zero-order valence-electron chi connectivity index (χ0n) is 13.6. The van der Waals surface area contributed by atoms with Crippen molar-refractivity contribution in [1.82, 2.24) is 9.97 Å². The molecule has 0 spiro atoms. The van der Waals surface area contributed by atoms with Crippen LogP contribution in [0.1, 0.15) is 25.0 Å². The van der Waals surface area contributed by atoms with E-state index in [1.165, 1.54) is 13.8 Å². The van der Waals surface area contributed by atoms with E-state index >= 15 is 0 Å². The molecule has 6 heteroatoms. The molecule has 0 radical (unpaired) electrons. The Morgan fingerprint density at radius 2 is 1.96 bits per heavy atom. The standard InChI is InChI=1S/C17H20N4O2/c1-10-5-6-11(15(18)16(22)17(2,3)23)7-12(10)13-8-21-14(19-4)9-20-13/h5-9,18,23H,1-4H3,(H,19,21). The Balaban J connectivity index is 2.43. The van der Waals surface area contributed by atoms with Crippen LogP contribution in [0.3, 0.4) is 0 Å². The first-order valence-corrected chi connectivity index (χ1v) is 7.21. The van der Waals surface area contributed by atoms with Gasteiger partial charge in [-0.25, -0.2) is 4.98 Å². The first kappa shape index (κ1) is 16.8. The summed E-state index contributed by atoms with van der Waals surface area (Å²) in [5.74, 6) is 0.0384. The van der Waals surface area contributed by atoms with Gasteiger partial charge in [-0.3, -0.25) is 15.2 Å². The van der Waals surface area contributed by atoms with Gasteiger partial charge in [-0.1, -0.05) is 12.1 Å². The van der Waals surface area contributed by atoms with Gasteiger partial charge in [-0.15, -0.1) is 0 Å². The number of rotatable bonds is 5. The molecule has 1 heterocycles. The zero-order chi connectivity index (χ0) is 17.2. The van der Waals surface area contributed by atoms with E-state index in [0.717, 1.165) is 11.1 Å². The minimum absolute atomic E-state index is 0.224. The van der Waals surface area contributed by atoms with Crippen LogP contribution in [0.4, 0.5) is 5.82 Å². The summed E-state index contributed by atoms with van der Waals surface area (Å²) in [5, 5.41) is 20.7. The number of nitrogens with one attached hydrogen (secondary N) is 2. The molecule has 0 amide bonds. The summed E-state index contributed by atoms with van der Waals surface area (Å²) >= 11 is 0. The number of hydrogen-bond donors (Lipinski definition) is 3. The summed E-state index contributed by atoms with van der Waals surface area (Å²) in [6, 6.07) is 5.25. The summed E-state index contributed by atoms with van der Waals surface area (Å²) in [6.45, 7) is 4.68. The molecule has 0 bridgehead atoms. The molecule has 3 N–H and O–H groups in total. The molecule has 0 aliphatic rings. The van der Waals surface area contributed by atoms with Crippen LogP contribution in [-0.2, 0) is 4.79 Å². The lowest BCUT2D eigenvalue weighted by Gasteiger charge is -2.17. The molecule has 6 nitrogen and oxygen atoms in total. The second kappa shape index (κ2) is 6.26. The summed E-state index contributed by atoms with van der Waals surface area (Å²) in [5.41, 5.74) is 1.06. The van der Waals surface area contributed by atoms with E-state index in [0.29, 0.717) is 17.1 Å². The topological polar surface area (TPSA) is 99.0 Å². The number of aliphatic hydroxyl groups is 1. The van der Waals surface area contributed by atoms with Gasteiger partial charge in [-0.2, -0.15) is 0 Å². The van der Waals surface area contributed by atoms with E-state index in [-0.39, 0.29) is 5.71 Å². The molecule has 2 aromatic rings. The van der Waals surface area contributed by atoms with Crippen molar-refractivity contribution in [3.63, 3.8) is 0 Å². The SMILES string of the molecule is CNc1cnc(-c2cc(C(=N)C(=O)C(C)(C)O)ccc2C)cn1. The van der Waals surface area contributed by atoms with Crippen molar-refractivity contribution in [2.45, 2.75) is 26.4 Å². The average molecular weight is 312 g/mol. The Bertz CT molecular complexity index is 746. The van der Waals surface area contributed by atoms with Crippen LogP contribution >= 0.6 is 0 Å². The van der Waals surface area contributed by atoms with E-state index in [1.54, 1.807) is 31.6 Å². The van der Waals surface area contributed by atoms with Gasteiger partial charge in [0.25, 0.3) is 0 Å². The van der Waals surface area contributed by atoms with Crippen molar-refractivity contribution in [3.8, 4) is 11.3 Å². The van der Waals surface area contributed by atoms with Crippen molar-refractivity contribution in [2.24, 2.45) is 0 Å². The molecule has 120 valence electrons. The highest BCUT2D eigenvalue weighted by atomic mass is 16.3. The first-order chi connectivity index (χ1) is 10.7. The maximum atomic E-state index is 12.1. The summed E-state index contributed by atoms with van der Waals surface area (Å²) < 4.78 is 0. The fraction of sp³-hybridized carbons (Fsp3) is 0.294. The molecule has 0 aliphatic carbocycles. The summed E-state index contributed by atoms with van der Waals surface area (Å²) in [7, 11) is 1.76. The minimum Gasteiger partial charge on any atom is -0.382 e. The van der Waals surface area contributed by atoms with Crippen LogP contribution in [0.5, 0.6) is 0 Å². The third-order valence-electron chi connectivity index (χ3n) is 3.49.